The third-order valence-electron chi connectivity index (χ3n) is 3.57. The first-order valence-electron chi connectivity index (χ1n) is 7.07. The van der Waals surface area contributed by atoms with Crippen molar-refractivity contribution in [1.29, 1.82) is 0 Å². The van der Waals surface area contributed by atoms with Gasteiger partial charge >= 0.3 is 0 Å². The van der Waals surface area contributed by atoms with Gasteiger partial charge in [-0.15, -0.1) is 0 Å². The lowest BCUT2D eigenvalue weighted by Gasteiger charge is -2.15. The maximum atomic E-state index is 13.3. The van der Waals surface area contributed by atoms with Crippen LogP contribution in [0.2, 0.25) is 0 Å². The Kier molecular flexibility index (Phi) is 5.99. The van der Waals surface area contributed by atoms with Crippen LogP contribution in [-0.2, 0) is 19.4 Å². The molecular weight excluding hydrogens is 399 g/mol. The van der Waals surface area contributed by atoms with Crippen molar-refractivity contribution in [1.82, 2.24) is 9.78 Å². The first-order valence-corrected chi connectivity index (χ1v) is 8.98. The summed E-state index contributed by atoms with van der Waals surface area (Å²) in [7, 11) is 0. The molecule has 0 aliphatic heterocycles. The molecule has 2 aromatic rings. The van der Waals surface area contributed by atoms with Gasteiger partial charge in [0.05, 0.1) is 15.9 Å². The molecule has 0 radical (unpaired) electrons. The summed E-state index contributed by atoms with van der Waals surface area (Å²) in [6.45, 7) is 4.96. The van der Waals surface area contributed by atoms with Gasteiger partial charge < -0.3 is 0 Å². The Hall–Kier alpha value is -0.680. The van der Waals surface area contributed by atoms with Gasteiger partial charge in [-0.3, -0.25) is 4.68 Å². The van der Waals surface area contributed by atoms with E-state index < -0.39 is 0 Å². The largest absolute Gasteiger partial charge is 0.268 e. The highest BCUT2D eigenvalue weighted by Gasteiger charge is 2.17. The summed E-state index contributed by atoms with van der Waals surface area (Å²) >= 11 is 7.23. The quantitative estimate of drug-likeness (QED) is 0.610. The summed E-state index contributed by atoms with van der Waals surface area (Å²) in [4.78, 5) is 0. The molecule has 0 saturated heterocycles. The van der Waals surface area contributed by atoms with Crippen LogP contribution in [0.25, 0.3) is 0 Å². The Morgan fingerprint density at radius 2 is 2.10 bits per heavy atom. The van der Waals surface area contributed by atoms with Crippen LogP contribution in [0.5, 0.6) is 0 Å². The van der Waals surface area contributed by atoms with Gasteiger partial charge in [-0.25, -0.2) is 4.39 Å². The van der Waals surface area contributed by atoms with Gasteiger partial charge in [0.2, 0.25) is 0 Å². The minimum absolute atomic E-state index is 0.170. The minimum atomic E-state index is -0.170. The van der Waals surface area contributed by atoms with Gasteiger partial charge in [0.1, 0.15) is 5.82 Å². The topological polar surface area (TPSA) is 17.8 Å². The Morgan fingerprint density at radius 1 is 1.33 bits per heavy atom. The van der Waals surface area contributed by atoms with Crippen molar-refractivity contribution in [3.8, 4) is 0 Å². The van der Waals surface area contributed by atoms with Crippen molar-refractivity contribution in [3.63, 3.8) is 0 Å². The smallest absolute Gasteiger partial charge is 0.123 e. The zero-order valence-electron chi connectivity index (χ0n) is 12.2. The first kappa shape index (κ1) is 16.7. The van der Waals surface area contributed by atoms with Gasteiger partial charge in [0, 0.05) is 11.9 Å². The van der Waals surface area contributed by atoms with E-state index >= 15 is 0 Å². The molecule has 1 heterocycles. The molecule has 21 heavy (non-hydrogen) atoms. The van der Waals surface area contributed by atoms with Crippen LogP contribution >= 0.6 is 31.9 Å². The Balaban J connectivity index is 2.16. The molecular formula is C16H19Br2FN2. The summed E-state index contributed by atoms with van der Waals surface area (Å²) < 4.78 is 16.4. The van der Waals surface area contributed by atoms with Gasteiger partial charge in [0.25, 0.3) is 0 Å². The maximum absolute atomic E-state index is 13.3. The lowest BCUT2D eigenvalue weighted by atomic mass is 9.96. The fraction of sp³-hybridized carbons (Fsp3) is 0.438. The van der Waals surface area contributed by atoms with Crippen molar-refractivity contribution in [2.45, 2.75) is 33.2 Å². The fourth-order valence-electron chi connectivity index (χ4n) is 2.52. The van der Waals surface area contributed by atoms with E-state index in [1.165, 1.54) is 11.8 Å². The average molecular weight is 418 g/mol. The summed E-state index contributed by atoms with van der Waals surface area (Å²) in [5, 5.41) is 5.41. The van der Waals surface area contributed by atoms with Gasteiger partial charge in [-0.1, -0.05) is 28.1 Å². The van der Waals surface area contributed by atoms with Crippen molar-refractivity contribution < 1.29 is 4.39 Å². The molecule has 0 bridgehead atoms. The highest BCUT2D eigenvalue weighted by Crippen LogP contribution is 2.26. The number of hydrogen-bond acceptors (Lipinski definition) is 1. The van der Waals surface area contributed by atoms with E-state index in [-0.39, 0.29) is 5.82 Å². The summed E-state index contributed by atoms with van der Waals surface area (Å²) in [6, 6.07) is 6.86. The lowest BCUT2D eigenvalue weighted by Crippen LogP contribution is -2.14. The third kappa shape index (κ3) is 4.16. The van der Waals surface area contributed by atoms with E-state index in [2.05, 4.69) is 43.9 Å². The molecule has 0 spiro atoms. The number of nitrogens with zero attached hydrogens (tertiary/aromatic N) is 2. The normalized spacial score (nSPS) is 12.6. The zero-order valence-corrected chi connectivity index (χ0v) is 15.4. The van der Waals surface area contributed by atoms with E-state index in [9.17, 15) is 4.39 Å². The van der Waals surface area contributed by atoms with Crippen molar-refractivity contribution in [3.05, 3.63) is 51.5 Å². The number of rotatable bonds is 6. The number of alkyl halides is 1. The minimum Gasteiger partial charge on any atom is -0.268 e. The standard InChI is InChI=1S/C16H19Br2FN2/c1-3-21-15(16(18)11(2)20-21)9-13(10-17)7-12-5-4-6-14(19)8-12/h4-6,8,13H,3,7,9-10H2,1-2H3. The monoisotopic (exact) mass is 416 g/mol. The lowest BCUT2D eigenvalue weighted by molar-refractivity contribution is 0.533. The summed E-state index contributed by atoms with van der Waals surface area (Å²) in [5.74, 6) is 0.237. The van der Waals surface area contributed by atoms with E-state index in [0.29, 0.717) is 5.92 Å². The molecule has 0 fully saturated rings. The molecule has 114 valence electrons. The number of benzene rings is 1. The predicted octanol–water partition coefficient (Wildman–Crippen LogP) is 4.91. The van der Waals surface area contributed by atoms with Gasteiger partial charge in [-0.2, -0.15) is 5.10 Å². The molecule has 1 atom stereocenters. The Morgan fingerprint density at radius 3 is 2.71 bits per heavy atom. The predicted molar refractivity (Wildman–Crippen MR) is 91.4 cm³/mol. The van der Waals surface area contributed by atoms with E-state index in [4.69, 9.17) is 0 Å². The maximum Gasteiger partial charge on any atom is 0.123 e. The second kappa shape index (κ2) is 7.54. The van der Waals surface area contributed by atoms with Crippen molar-refractivity contribution >= 4 is 31.9 Å². The van der Waals surface area contributed by atoms with Crippen molar-refractivity contribution in [2.75, 3.05) is 5.33 Å². The van der Waals surface area contributed by atoms with Gasteiger partial charge in [0.15, 0.2) is 0 Å². The number of halogens is 3. The van der Waals surface area contributed by atoms with E-state index in [1.54, 1.807) is 12.1 Å². The Bertz CT molecular complexity index is 610. The molecule has 0 amide bonds. The second-order valence-corrected chi connectivity index (χ2v) is 6.66. The van der Waals surface area contributed by atoms with Crippen LogP contribution in [0, 0.1) is 18.7 Å². The zero-order chi connectivity index (χ0) is 15.4. The van der Waals surface area contributed by atoms with Crippen molar-refractivity contribution in [2.24, 2.45) is 5.92 Å². The molecule has 1 aromatic carbocycles. The van der Waals surface area contributed by atoms with Crippen LogP contribution in [0.4, 0.5) is 4.39 Å². The van der Waals surface area contributed by atoms with Crippen LogP contribution in [0.15, 0.2) is 28.7 Å². The van der Waals surface area contributed by atoms with Crippen LogP contribution in [0.1, 0.15) is 23.9 Å². The highest BCUT2D eigenvalue weighted by atomic mass is 79.9. The first-order chi connectivity index (χ1) is 10.0. The van der Waals surface area contributed by atoms with Crippen LogP contribution < -0.4 is 0 Å². The summed E-state index contributed by atoms with van der Waals surface area (Å²) in [5.41, 5.74) is 3.27. The molecule has 0 N–H and O–H groups in total. The highest BCUT2D eigenvalue weighted by molar-refractivity contribution is 9.10. The summed E-state index contributed by atoms with van der Waals surface area (Å²) in [6.07, 6.45) is 1.76. The van der Waals surface area contributed by atoms with E-state index in [0.717, 1.165) is 40.4 Å². The average Bonchev–Trinajstić information content (AvgIpc) is 2.74. The molecule has 0 aliphatic rings. The number of hydrogen-bond donors (Lipinski definition) is 0. The molecule has 0 aliphatic carbocycles. The molecule has 1 unspecified atom stereocenters. The molecule has 5 heteroatoms. The molecule has 1 aromatic heterocycles. The number of aryl methyl sites for hydroxylation is 2. The van der Waals surface area contributed by atoms with Crippen LogP contribution in [0.3, 0.4) is 0 Å². The molecule has 2 nitrogen and oxygen atoms in total. The fourth-order valence-corrected chi connectivity index (χ4v) is 3.42. The molecule has 2 rings (SSSR count). The second-order valence-electron chi connectivity index (χ2n) is 5.22. The Labute approximate surface area is 142 Å². The van der Waals surface area contributed by atoms with E-state index in [1.807, 2.05) is 17.7 Å². The third-order valence-corrected chi connectivity index (χ3v) is 5.51. The SMILES string of the molecule is CCn1nc(C)c(Br)c1CC(CBr)Cc1cccc(F)c1. The van der Waals surface area contributed by atoms with Crippen LogP contribution in [-0.4, -0.2) is 15.1 Å². The van der Waals surface area contributed by atoms with Gasteiger partial charge in [-0.05, 0) is 66.2 Å². The molecule has 0 saturated carbocycles. The number of aromatic nitrogens is 2.